The molecule has 2 heterocycles. The molecule has 0 saturated carbocycles. The molecule has 1 aliphatic rings. The molecule has 0 aliphatic carbocycles. The Bertz CT molecular complexity index is 915. The first-order valence-corrected chi connectivity index (χ1v) is 8.08. The van der Waals surface area contributed by atoms with Gasteiger partial charge >= 0.3 is 0 Å². The second-order valence-electron chi connectivity index (χ2n) is 5.89. The first kappa shape index (κ1) is 14.6. The molecule has 5 heteroatoms. The molecule has 0 unspecified atom stereocenters. The molecule has 1 aliphatic heterocycles. The predicted octanol–water partition coefficient (Wildman–Crippen LogP) is 3.05. The third-order valence-electron chi connectivity index (χ3n) is 4.39. The minimum absolute atomic E-state index is 0.00310. The lowest BCUT2D eigenvalue weighted by molar-refractivity contribution is -0.118. The van der Waals surface area contributed by atoms with Crippen LogP contribution in [0, 0.1) is 0 Å². The van der Waals surface area contributed by atoms with E-state index in [0.717, 1.165) is 17.6 Å². The highest BCUT2D eigenvalue weighted by Gasteiger charge is 2.28. The summed E-state index contributed by atoms with van der Waals surface area (Å²) in [6.07, 6.45) is 0.427. The van der Waals surface area contributed by atoms with Gasteiger partial charge in [0, 0.05) is 31.5 Å². The molecule has 0 fully saturated rings. The summed E-state index contributed by atoms with van der Waals surface area (Å²) < 4.78 is 2.06. The van der Waals surface area contributed by atoms with Crippen molar-refractivity contribution in [3.05, 3.63) is 60.2 Å². The first-order valence-electron chi connectivity index (χ1n) is 8.08. The quantitative estimate of drug-likeness (QED) is 0.695. The summed E-state index contributed by atoms with van der Waals surface area (Å²) in [6, 6.07) is 17.0. The number of para-hydroxylation sites is 2. The van der Waals surface area contributed by atoms with E-state index in [2.05, 4.69) is 9.55 Å². The second-order valence-corrected chi connectivity index (χ2v) is 5.89. The third-order valence-corrected chi connectivity index (χ3v) is 4.39. The molecule has 120 valence electrons. The zero-order valence-electron chi connectivity index (χ0n) is 13.2. The molecule has 0 atom stereocenters. The molecule has 0 saturated heterocycles. The van der Waals surface area contributed by atoms with Crippen molar-refractivity contribution in [1.29, 1.82) is 0 Å². The van der Waals surface area contributed by atoms with Crippen molar-refractivity contribution in [2.75, 3.05) is 11.4 Å². The largest absolute Gasteiger partial charge is 0.308 e. The summed E-state index contributed by atoms with van der Waals surface area (Å²) in [5, 5.41) is 0. The van der Waals surface area contributed by atoms with E-state index in [-0.39, 0.29) is 24.5 Å². The highest BCUT2D eigenvalue weighted by Crippen LogP contribution is 2.27. The number of hydrogen-bond donors (Lipinski definition) is 0. The van der Waals surface area contributed by atoms with Crippen molar-refractivity contribution in [2.45, 2.75) is 19.4 Å². The fraction of sp³-hybridized carbons (Fsp3) is 0.211. The summed E-state index contributed by atoms with van der Waals surface area (Å²) in [7, 11) is 0. The van der Waals surface area contributed by atoms with Crippen LogP contribution in [0.5, 0.6) is 0 Å². The number of amides is 1. The topological polar surface area (TPSA) is 55.2 Å². The molecule has 5 nitrogen and oxygen atoms in total. The Labute approximate surface area is 139 Å². The number of nitrogens with zero attached hydrogens (tertiary/aromatic N) is 3. The average molecular weight is 319 g/mol. The van der Waals surface area contributed by atoms with Gasteiger partial charge in [0.15, 0.2) is 5.78 Å². The fourth-order valence-electron chi connectivity index (χ4n) is 3.15. The number of hydrogen-bond acceptors (Lipinski definition) is 3. The SMILES string of the molecule is O=C(CCC(=O)N1CCn2c1nc1ccccc12)c1ccccc1. The molecule has 0 spiro atoms. The van der Waals surface area contributed by atoms with E-state index >= 15 is 0 Å². The highest BCUT2D eigenvalue weighted by atomic mass is 16.2. The van der Waals surface area contributed by atoms with E-state index in [9.17, 15) is 9.59 Å². The Morgan fingerprint density at radius 2 is 1.67 bits per heavy atom. The van der Waals surface area contributed by atoms with Gasteiger partial charge in [-0.25, -0.2) is 4.98 Å². The molecule has 0 radical (unpaired) electrons. The number of benzene rings is 2. The van der Waals surface area contributed by atoms with E-state index in [0.29, 0.717) is 18.1 Å². The van der Waals surface area contributed by atoms with Crippen LogP contribution in [0.25, 0.3) is 11.0 Å². The van der Waals surface area contributed by atoms with Crippen LogP contribution >= 0.6 is 0 Å². The van der Waals surface area contributed by atoms with Crippen LogP contribution in [0.1, 0.15) is 23.2 Å². The molecule has 24 heavy (non-hydrogen) atoms. The van der Waals surface area contributed by atoms with Crippen LogP contribution in [-0.4, -0.2) is 27.8 Å². The monoisotopic (exact) mass is 319 g/mol. The van der Waals surface area contributed by atoms with Crippen LogP contribution in [-0.2, 0) is 11.3 Å². The minimum Gasteiger partial charge on any atom is -0.308 e. The molecular weight excluding hydrogens is 302 g/mol. The normalized spacial score (nSPS) is 13.2. The third kappa shape index (κ3) is 2.48. The van der Waals surface area contributed by atoms with Crippen LogP contribution in [0.3, 0.4) is 0 Å². The molecular formula is C19H17N3O2. The van der Waals surface area contributed by atoms with Gasteiger partial charge in [0.05, 0.1) is 11.0 Å². The fourth-order valence-corrected chi connectivity index (χ4v) is 3.15. The van der Waals surface area contributed by atoms with Crippen molar-refractivity contribution < 1.29 is 9.59 Å². The van der Waals surface area contributed by atoms with Crippen molar-refractivity contribution >= 4 is 28.7 Å². The number of anilines is 1. The first-order chi connectivity index (χ1) is 11.7. The Hall–Kier alpha value is -2.95. The Balaban J connectivity index is 1.48. The standard InChI is InChI=1S/C19H17N3O2/c23-17(14-6-2-1-3-7-14)10-11-18(24)22-13-12-21-16-9-5-4-8-15(16)20-19(21)22/h1-9H,10-13H2. The van der Waals surface area contributed by atoms with Gasteiger partial charge in [-0.2, -0.15) is 0 Å². The van der Waals surface area contributed by atoms with E-state index in [4.69, 9.17) is 0 Å². The van der Waals surface area contributed by atoms with Crippen molar-refractivity contribution in [3.8, 4) is 0 Å². The minimum atomic E-state index is -0.0478. The summed E-state index contributed by atoms with van der Waals surface area (Å²) >= 11 is 0. The predicted molar refractivity (Wildman–Crippen MR) is 92.1 cm³/mol. The lowest BCUT2D eigenvalue weighted by atomic mass is 10.1. The van der Waals surface area contributed by atoms with E-state index in [1.807, 2.05) is 42.5 Å². The van der Waals surface area contributed by atoms with Crippen molar-refractivity contribution in [2.24, 2.45) is 0 Å². The number of imidazole rings is 1. The number of carbonyl (C=O) groups excluding carboxylic acids is 2. The maximum Gasteiger partial charge on any atom is 0.229 e. The number of rotatable bonds is 4. The molecule has 0 N–H and O–H groups in total. The molecule has 2 aromatic carbocycles. The number of Topliss-reactive ketones (excluding diaryl/α,β-unsaturated/α-hetero) is 1. The van der Waals surface area contributed by atoms with Gasteiger partial charge in [-0.15, -0.1) is 0 Å². The van der Waals surface area contributed by atoms with Crippen LogP contribution < -0.4 is 4.90 Å². The van der Waals surface area contributed by atoms with Crippen LogP contribution in [0.4, 0.5) is 5.95 Å². The van der Waals surface area contributed by atoms with Crippen molar-refractivity contribution in [3.63, 3.8) is 0 Å². The zero-order valence-corrected chi connectivity index (χ0v) is 13.2. The Kier molecular flexibility index (Phi) is 3.61. The van der Waals surface area contributed by atoms with Gasteiger partial charge in [0.25, 0.3) is 0 Å². The van der Waals surface area contributed by atoms with Crippen LogP contribution in [0.2, 0.25) is 0 Å². The van der Waals surface area contributed by atoms with Gasteiger partial charge in [0.2, 0.25) is 11.9 Å². The summed E-state index contributed by atoms with van der Waals surface area (Å²) in [5.41, 5.74) is 2.59. The number of ketones is 1. The smallest absolute Gasteiger partial charge is 0.229 e. The van der Waals surface area contributed by atoms with Gasteiger partial charge in [-0.3, -0.25) is 14.5 Å². The van der Waals surface area contributed by atoms with Crippen LogP contribution in [0.15, 0.2) is 54.6 Å². The lowest BCUT2D eigenvalue weighted by Crippen LogP contribution is -2.29. The number of carbonyl (C=O) groups is 2. The molecule has 1 aromatic heterocycles. The number of aromatic nitrogens is 2. The second kappa shape index (κ2) is 5.92. The maximum atomic E-state index is 12.5. The highest BCUT2D eigenvalue weighted by molar-refractivity contribution is 6.01. The Morgan fingerprint density at radius 1 is 0.917 bits per heavy atom. The van der Waals surface area contributed by atoms with E-state index < -0.39 is 0 Å². The van der Waals surface area contributed by atoms with Gasteiger partial charge in [-0.1, -0.05) is 42.5 Å². The zero-order chi connectivity index (χ0) is 16.5. The van der Waals surface area contributed by atoms with Crippen molar-refractivity contribution in [1.82, 2.24) is 9.55 Å². The van der Waals surface area contributed by atoms with Gasteiger partial charge in [-0.05, 0) is 12.1 Å². The lowest BCUT2D eigenvalue weighted by Gasteiger charge is -2.13. The van der Waals surface area contributed by atoms with Gasteiger partial charge < -0.3 is 4.57 Å². The molecule has 1 amide bonds. The molecule has 0 bridgehead atoms. The molecule has 4 rings (SSSR count). The van der Waals surface area contributed by atoms with Gasteiger partial charge in [0.1, 0.15) is 0 Å². The number of fused-ring (bicyclic) bond motifs is 3. The maximum absolute atomic E-state index is 12.5. The summed E-state index contributed by atoms with van der Waals surface area (Å²) in [6.45, 7) is 1.36. The summed E-state index contributed by atoms with van der Waals surface area (Å²) in [4.78, 5) is 31.0. The molecule has 3 aromatic rings. The average Bonchev–Trinajstić information content (AvgIpc) is 3.19. The van der Waals surface area contributed by atoms with E-state index in [1.165, 1.54) is 0 Å². The van der Waals surface area contributed by atoms with E-state index in [1.54, 1.807) is 17.0 Å². The summed E-state index contributed by atoms with van der Waals surface area (Å²) in [5.74, 6) is 0.637. The Morgan fingerprint density at radius 3 is 2.50 bits per heavy atom.